The molecule has 2 aliphatic heterocycles. The number of methoxy groups -OCH3 is 2. The summed E-state index contributed by atoms with van der Waals surface area (Å²) in [4.78, 5) is 72.6. The lowest BCUT2D eigenvalue weighted by atomic mass is 9.79. The molecular formula is C48H56N8O6. The number of H-pyrrole nitrogens is 2. The number of likely N-dealkylation sites (tertiary alicyclic amines) is 2. The zero-order chi connectivity index (χ0) is 43.1. The lowest BCUT2D eigenvalue weighted by molar-refractivity contribution is -0.137. The van der Waals surface area contributed by atoms with Crippen LogP contribution in [0.1, 0.15) is 88.8 Å². The van der Waals surface area contributed by atoms with Crippen molar-refractivity contribution in [3.63, 3.8) is 0 Å². The van der Waals surface area contributed by atoms with Gasteiger partial charge in [0.1, 0.15) is 23.7 Å². The normalized spacial score (nSPS) is 22.5. The number of amides is 4. The molecule has 2 aliphatic carbocycles. The van der Waals surface area contributed by atoms with Crippen LogP contribution in [-0.2, 0) is 19.1 Å². The fourth-order valence-corrected chi connectivity index (χ4v) is 9.89. The van der Waals surface area contributed by atoms with Crippen LogP contribution >= 0.6 is 0 Å². The number of hydrogen-bond donors (Lipinski definition) is 4. The van der Waals surface area contributed by atoms with E-state index in [9.17, 15) is 19.2 Å². The number of hydrogen-bond acceptors (Lipinski definition) is 8. The summed E-state index contributed by atoms with van der Waals surface area (Å²) in [6.45, 7) is 5.53. The van der Waals surface area contributed by atoms with Crippen molar-refractivity contribution in [2.24, 2.45) is 23.7 Å². The number of alkyl carbamates (subject to hydrolysis) is 2. The Morgan fingerprint density at radius 2 is 1.16 bits per heavy atom. The van der Waals surface area contributed by atoms with Crippen LogP contribution in [-0.4, -0.2) is 93.1 Å². The van der Waals surface area contributed by atoms with Gasteiger partial charge in [0.25, 0.3) is 0 Å². The second-order valence-electron chi connectivity index (χ2n) is 18.0. The molecule has 0 unspecified atom stereocenters. The van der Waals surface area contributed by atoms with Gasteiger partial charge in [-0.2, -0.15) is 0 Å². The molecule has 0 bridgehead atoms. The van der Waals surface area contributed by atoms with E-state index in [0.717, 1.165) is 107 Å². The number of rotatable bonds is 11. The van der Waals surface area contributed by atoms with Crippen molar-refractivity contribution in [2.75, 3.05) is 27.3 Å². The van der Waals surface area contributed by atoms with Gasteiger partial charge in [0.15, 0.2) is 0 Å². The van der Waals surface area contributed by atoms with Gasteiger partial charge in [-0.1, -0.05) is 75.2 Å². The second kappa shape index (κ2) is 17.3. The summed E-state index contributed by atoms with van der Waals surface area (Å²) in [6, 6.07) is 19.6. The van der Waals surface area contributed by atoms with Gasteiger partial charge in [0, 0.05) is 24.2 Å². The van der Waals surface area contributed by atoms with E-state index in [1.165, 1.54) is 14.2 Å². The molecule has 6 atom stereocenters. The minimum Gasteiger partial charge on any atom is -0.453 e. The van der Waals surface area contributed by atoms with Crippen molar-refractivity contribution >= 4 is 34.8 Å². The standard InChI is InChI=1S/C48H56N8O6/c1-27-19-39(55(25-27)45(57)41(30-7-5-8-30)53-47(59)61-3)38-24-49-43(52-38)32-13-11-29(12-14-32)33-15-16-35-22-36(18-17-34(35)21-33)37-23-50-44(51-37)40-20-28(2)26-56(40)46(58)42(31-9-6-10-31)54-48(60)62-4/h11-18,21-24,27-28,30-31,39-42H,5-10,19-20,25-26H2,1-4H3,(H,49,52)(H,50,51)(H,53,59)(H,54,60)/t27-,28-,39-,40-,41-,42-/m0/s1. The Morgan fingerprint density at radius 3 is 1.73 bits per heavy atom. The first-order valence-corrected chi connectivity index (χ1v) is 22.1. The van der Waals surface area contributed by atoms with Crippen LogP contribution in [0.2, 0.25) is 0 Å². The van der Waals surface area contributed by atoms with Crippen molar-refractivity contribution in [3.8, 4) is 33.8 Å². The van der Waals surface area contributed by atoms with Gasteiger partial charge in [-0.15, -0.1) is 0 Å². The average molecular weight is 841 g/mol. The molecule has 62 heavy (non-hydrogen) atoms. The van der Waals surface area contributed by atoms with Crippen LogP contribution in [0.15, 0.2) is 73.1 Å². The Labute approximate surface area is 361 Å². The highest BCUT2D eigenvalue weighted by molar-refractivity contribution is 5.91. The van der Waals surface area contributed by atoms with Gasteiger partial charge >= 0.3 is 12.2 Å². The molecule has 5 aromatic rings. The molecule has 4 N–H and O–H groups in total. The van der Waals surface area contributed by atoms with E-state index in [0.29, 0.717) is 24.9 Å². The molecular weight excluding hydrogens is 785 g/mol. The predicted molar refractivity (Wildman–Crippen MR) is 234 cm³/mol. The average Bonchev–Trinajstić information content (AvgIpc) is 4.08. The summed E-state index contributed by atoms with van der Waals surface area (Å²) >= 11 is 0. The van der Waals surface area contributed by atoms with Gasteiger partial charge < -0.3 is 39.9 Å². The number of carbonyl (C=O) groups is 4. The molecule has 2 saturated carbocycles. The second-order valence-corrected chi connectivity index (χ2v) is 18.0. The molecule has 2 saturated heterocycles. The minimum atomic E-state index is -0.599. The Balaban J connectivity index is 0.875. The molecule has 0 radical (unpaired) electrons. The van der Waals surface area contributed by atoms with Crippen LogP contribution in [0.3, 0.4) is 0 Å². The Kier molecular flexibility index (Phi) is 11.5. The Hall–Kier alpha value is -6.18. The zero-order valence-corrected chi connectivity index (χ0v) is 35.9. The van der Waals surface area contributed by atoms with Gasteiger partial charge in [-0.3, -0.25) is 9.59 Å². The maximum Gasteiger partial charge on any atom is 0.407 e. The van der Waals surface area contributed by atoms with Crippen molar-refractivity contribution in [1.29, 1.82) is 0 Å². The van der Waals surface area contributed by atoms with E-state index in [1.54, 1.807) is 0 Å². The highest BCUT2D eigenvalue weighted by Gasteiger charge is 2.44. The SMILES string of the molecule is COC(=O)N[C@H](C(=O)N1C[C@@H](C)C[C@H]1c1cnc(-c2ccc(-c3ccc4cc(-c5cnc([C@@H]6C[C@H](C)CN6C(=O)[C@@H](NC(=O)OC)C6CCC6)[nH]5)ccc4c3)cc2)[nH]1)C1CCC1. The van der Waals surface area contributed by atoms with Gasteiger partial charge in [0.05, 0.1) is 50.1 Å². The number of nitrogens with zero attached hydrogens (tertiary/aromatic N) is 4. The molecule has 4 amide bonds. The first-order valence-electron chi connectivity index (χ1n) is 22.1. The molecule has 4 aliphatic rings. The number of nitrogens with one attached hydrogen (secondary N) is 4. The van der Waals surface area contributed by atoms with Crippen LogP contribution < -0.4 is 10.6 Å². The molecule has 3 aromatic carbocycles. The largest absolute Gasteiger partial charge is 0.453 e. The lowest BCUT2D eigenvalue weighted by Crippen LogP contribution is -2.53. The summed E-state index contributed by atoms with van der Waals surface area (Å²) in [5, 5.41) is 7.85. The summed E-state index contributed by atoms with van der Waals surface area (Å²) in [6.07, 6.45) is 9.90. The molecule has 14 heteroatoms. The molecule has 9 rings (SSSR count). The Bertz CT molecular complexity index is 2450. The molecule has 2 aromatic heterocycles. The number of fused-ring (bicyclic) bond motifs is 1. The fraction of sp³-hybridized carbons (Fsp3) is 0.458. The Morgan fingerprint density at radius 1 is 0.645 bits per heavy atom. The van der Waals surface area contributed by atoms with Crippen molar-refractivity contribution in [2.45, 2.75) is 89.4 Å². The highest BCUT2D eigenvalue weighted by atomic mass is 16.5. The maximum atomic E-state index is 13.9. The number of benzene rings is 3. The van der Waals surface area contributed by atoms with Crippen molar-refractivity contribution in [3.05, 3.63) is 84.6 Å². The zero-order valence-electron chi connectivity index (χ0n) is 35.9. The number of aromatic nitrogens is 4. The third-order valence-electron chi connectivity index (χ3n) is 13.8. The van der Waals surface area contributed by atoms with Gasteiger partial charge in [-0.05, 0) is 96.2 Å². The number of imidazole rings is 2. The van der Waals surface area contributed by atoms with Gasteiger partial charge in [0.2, 0.25) is 11.8 Å². The summed E-state index contributed by atoms with van der Waals surface area (Å²) in [5.41, 5.74) is 5.90. The van der Waals surface area contributed by atoms with E-state index in [4.69, 9.17) is 19.4 Å². The third-order valence-corrected chi connectivity index (χ3v) is 13.8. The first kappa shape index (κ1) is 41.2. The molecule has 0 spiro atoms. The quantitative estimate of drug-likeness (QED) is 0.103. The predicted octanol–water partition coefficient (Wildman–Crippen LogP) is 8.16. The van der Waals surface area contributed by atoms with Crippen LogP contribution in [0.4, 0.5) is 9.59 Å². The van der Waals surface area contributed by atoms with Gasteiger partial charge in [-0.25, -0.2) is 19.6 Å². The van der Waals surface area contributed by atoms with E-state index < -0.39 is 24.3 Å². The number of carbonyl (C=O) groups excluding carboxylic acids is 4. The van der Waals surface area contributed by atoms with Crippen LogP contribution in [0.25, 0.3) is 44.5 Å². The van der Waals surface area contributed by atoms with E-state index in [2.05, 4.69) is 95.1 Å². The molecule has 4 heterocycles. The summed E-state index contributed by atoms with van der Waals surface area (Å²) < 4.78 is 9.72. The number of ether oxygens (including phenoxy) is 2. The maximum absolute atomic E-state index is 13.9. The summed E-state index contributed by atoms with van der Waals surface area (Å²) in [5.74, 6) is 2.21. The monoisotopic (exact) mass is 840 g/mol. The molecule has 324 valence electrons. The lowest BCUT2D eigenvalue weighted by Gasteiger charge is -2.36. The first-order chi connectivity index (χ1) is 30.1. The topological polar surface area (TPSA) is 175 Å². The van der Waals surface area contributed by atoms with Crippen LogP contribution in [0, 0.1) is 23.7 Å². The molecule has 14 nitrogen and oxygen atoms in total. The smallest absolute Gasteiger partial charge is 0.407 e. The fourth-order valence-electron chi connectivity index (χ4n) is 9.89. The minimum absolute atomic E-state index is 0.0578. The number of aromatic amines is 2. The van der Waals surface area contributed by atoms with E-state index >= 15 is 0 Å². The summed E-state index contributed by atoms with van der Waals surface area (Å²) in [7, 11) is 2.65. The van der Waals surface area contributed by atoms with E-state index in [-0.39, 0.29) is 35.7 Å². The van der Waals surface area contributed by atoms with E-state index in [1.807, 2.05) is 22.2 Å². The van der Waals surface area contributed by atoms with Crippen molar-refractivity contribution in [1.82, 2.24) is 40.4 Å². The van der Waals surface area contributed by atoms with Crippen molar-refractivity contribution < 1.29 is 28.7 Å². The molecule has 4 fully saturated rings. The third kappa shape index (κ3) is 8.14. The highest BCUT2D eigenvalue weighted by Crippen LogP contribution is 2.40. The van der Waals surface area contributed by atoms with Crippen LogP contribution in [0.5, 0.6) is 0 Å².